The molecule has 0 unspecified atom stereocenters. The number of likely N-dealkylation sites (tertiary alicyclic amines) is 1. The number of benzene rings is 2. The molecule has 8 nitrogen and oxygen atoms in total. The third kappa shape index (κ3) is 7.28. The van der Waals surface area contributed by atoms with Gasteiger partial charge < -0.3 is 29.7 Å². The number of amides is 2. The molecule has 216 valence electrons. The molecule has 11 heteroatoms. The summed E-state index contributed by atoms with van der Waals surface area (Å²) in [6, 6.07) is 13.1. The van der Waals surface area contributed by atoms with Gasteiger partial charge in [0.25, 0.3) is 0 Å². The number of likely N-dealkylation sites (N-methyl/N-ethyl adjacent to an activating group) is 1. The number of nitrogens with zero attached hydrogens (tertiary/aromatic N) is 2. The quantitative estimate of drug-likeness (QED) is 0.443. The lowest BCUT2D eigenvalue weighted by Gasteiger charge is -2.37. The van der Waals surface area contributed by atoms with Crippen molar-refractivity contribution >= 4 is 17.5 Å². The molecule has 4 atom stereocenters. The summed E-state index contributed by atoms with van der Waals surface area (Å²) in [5, 5.41) is 12.0. The molecule has 4 rings (SSSR count). The van der Waals surface area contributed by atoms with Crippen molar-refractivity contribution in [1.82, 2.24) is 9.80 Å². The van der Waals surface area contributed by atoms with Crippen molar-refractivity contribution in [3.05, 3.63) is 77.9 Å². The molecule has 2 fully saturated rings. The van der Waals surface area contributed by atoms with E-state index in [0.717, 1.165) is 11.1 Å². The predicted molar refractivity (Wildman–Crippen MR) is 142 cm³/mol. The Morgan fingerprint density at radius 1 is 1.12 bits per heavy atom. The third-order valence-corrected chi connectivity index (χ3v) is 7.08. The molecule has 0 spiro atoms. The highest BCUT2D eigenvalue weighted by Crippen LogP contribution is 2.38. The number of halogens is 3. The van der Waals surface area contributed by atoms with E-state index < -0.39 is 30.3 Å². The molecule has 0 aromatic heterocycles. The largest absolute Gasteiger partial charge is 0.471 e. The van der Waals surface area contributed by atoms with Crippen LogP contribution in [-0.4, -0.2) is 71.7 Å². The van der Waals surface area contributed by atoms with E-state index in [-0.39, 0.29) is 31.8 Å². The molecule has 0 bridgehead atoms. The minimum absolute atomic E-state index is 0.0488. The van der Waals surface area contributed by atoms with E-state index >= 15 is 0 Å². The summed E-state index contributed by atoms with van der Waals surface area (Å²) in [4.78, 5) is 27.1. The Balaban J connectivity index is 1.46. The predicted octanol–water partition coefficient (Wildman–Crippen LogP) is 4.33. The van der Waals surface area contributed by atoms with Gasteiger partial charge in [-0.3, -0.25) is 9.59 Å². The van der Waals surface area contributed by atoms with Crippen molar-refractivity contribution in [2.24, 2.45) is 0 Å². The van der Waals surface area contributed by atoms with Gasteiger partial charge in [0.05, 0.1) is 18.8 Å². The zero-order valence-electron chi connectivity index (χ0n) is 22.3. The number of carbonyl (C=O) groups is 2. The van der Waals surface area contributed by atoms with Gasteiger partial charge in [0.1, 0.15) is 6.04 Å². The van der Waals surface area contributed by atoms with Crippen molar-refractivity contribution in [3.63, 3.8) is 0 Å². The fraction of sp³-hybridized carbons (Fsp3) is 0.448. The molecule has 2 aliphatic heterocycles. The Labute approximate surface area is 231 Å². The van der Waals surface area contributed by atoms with Crippen LogP contribution in [0.1, 0.15) is 48.3 Å². The van der Waals surface area contributed by atoms with Crippen LogP contribution in [0.4, 0.5) is 18.9 Å². The smallest absolute Gasteiger partial charge is 0.392 e. The van der Waals surface area contributed by atoms with Gasteiger partial charge in [0.15, 0.2) is 6.29 Å². The molecule has 2 aliphatic rings. The number of alkyl halides is 3. The number of ether oxygens (including phenoxy) is 2. The van der Waals surface area contributed by atoms with Gasteiger partial charge >= 0.3 is 12.1 Å². The van der Waals surface area contributed by atoms with Gasteiger partial charge in [0, 0.05) is 37.3 Å². The summed E-state index contributed by atoms with van der Waals surface area (Å²) in [5.41, 5.74) is 2.85. The molecular weight excluding hydrogens is 527 g/mol. The van der Waals surface area contributed by atoms with E-state index in [9.17, 15) is 27.9 Å². The van der Waals surface area contributed by atoms with Gasteiger partial charge in [-0.05, 0) is 43.1 Å². The van der Waals surface area contributed by atoms with E-state index in [1.54, 1.807) is 24.3 Å². The monoisotopic (exact) mass is 561 g/mol. The minimum Gasteiger partial charge on any atom is -0.392 e. The molecule has 2 amide bonds. The summed E-state index contributed by atoms with van der Waals surface area (Å²) in [5.74, 6) is -2.66. The second-order valence-electron chi connectivity index (χ2n) is 10.1. The number of anilines is 1. The zero-order valence-corrected chi connectivity index (χ0v) is 22.3. The van der Waals surface area contributed by atoms with E-state index in [1.165, 1.54) is 0 Å². The van der Waals surface area contributed by atoms with Gasteiger partial charge in [-0.15, -0.1) is 6.58 Å². The van der Waals surface area contributed by atoms with Crippen LogP contribution >= 0.6 is 0 Å². The van der Waals surface area contributed by atoms with Crippen LogP contribution in [-0.2, 0) is 25.7 Å². The van der Waals surface area contributed by atoms with Crippen LogP contribution in [0.5, 0.6) is 0 Å². The van der Waals surface area contributed by atoms with Crippen LogP contribution in [0.15, 0.2) is 61.2 Å². The standard InChI is InChI=1S/C29H34F3N3O5/c1-3-14-34(2)17-23-16-25(20-8-6-19(18-36)7-9-20)40-27(39-23)21-10-12-22(13-11-21)33-26(37)24-5-4-15-35(24)28(38)29(30,31)32/h3,6-13,23-25,27,36H,1,4-5,14-18H2,2H3,(H,33,37)/t23-,24+,25+,27+/m1/s1. The lowest BCUT2D eigenvalue weighted by atomic mass is 9.99. The number of carbonyl (C=O) groups excluding carboxylic acids is 2. The maximum absolute atomic E-state index is 12.9. The van der Waals surface area contributed by atoms with Gasteiger partial charge in [-0.25, -0.2) is 0 Å². The second kappa shape index (κ2) is 12.9. The lowest BCUT2D eigenvalue weighted by molar-refractivity contribution is -0.252. The first kappa shape index (κ1) is 29.7. The van der Waals surface area contributed by atoms with Crippen molar-refractivity contribution in [3.8, 4) is 0 Å². The summed E-state index contributed by atoms with van der Waals surface area (Å²) in [6.07, 6.45) is -3.20. The van der Waals surface area contributed by atoms with E-state index in [2.05, 4.69) is 16.8 Å². The summed E-state index contributed by atoms with van der Waals surface area (Å²) < 4.78 is 51.4. The number of hydrogen-bond acceptors (Lipinski definition) is 6. The first-order chi connectivity index (χ1) is 19.1. The summed E-state index contributed by atoms with van der Waals surface area (Å²) in [7, 11) is 1.98. The van der Waals surface area contributed by atoms with Crippen LogP contribution in [0.3, 0.4) is 0 Å². The maximum Gasteiger partial charge on any atom is 0.471 e. The molecule has 2 N–H and O–H groups in total. The zero-order chi connectivity index (χ0) is 28.9. The van der Waals surface area contributed by atoms with Crippen molar-refractivity contribution in [2.45, 2.75) is 56.6 Å². The second-order valence-corrected chi connectivity index (χ2v) is 10.1. The average Bonchev–Trinajstić information content (AvgIpc) is 3.42. The molecule has 40 heavy (non-hydrogen) atoms. The van der Waals surface area contributed by atoms with E-state index in [1.807, 2.05) is 37.4 Å². The van der Waals surface area contributed by atoms with Crippen molar-refractivity contribution in [2.75, 3.05) is 32.0 Å². The van der Waals surface area contributed by atoms with Crippen molar-refractivity contribution < 1.29 is 37.3 Å². The number of nitrogens with one attached hydrogen (secondary N) is 1. The first-order valence-corrected chi connectivity index (χ1v) is 13.2. The molecular formula is C29H34F3N3O5. The van der Waals surface area contributed by atoms with E-state index in [4.69, 9.17) is 9.47 Å². The molecule has 2 saturated heterocycles. The lowest BCUT2D eigenvalue weighted by Crippen LogP contribution is -2.48. The number of aliphatic hydroxyl groups is 1. The average molecular weight is 562 g/mol. The SMILES string of the molecule is C=CCN(C)C[C@H]1C[C@@H](c2ccc(CO)cc2)O[C@@H](c2ccc(NC(=O)[C@@H]3CCCN3C(=O)C(F)(F)F)cc2)O1. The Morgan fingerprint density at radius 2 is 1.80 bits per heavy atom. The number of rotatable bonds is 9. The molecule has 0 aliphatic carbocycles. The van der Waals surface area contributed by atoms with Gasteiger partial charge in [-0.1, -0.05) is 42.5 Å². The fourth-order valence-corrected chi connectivity index (χ4v) is 5.07. The molecule has 2 heterocycles. The van der Waals surface area contributed by atoms with Crippen LogP contribution in [0, 0.1) is 0 Å². The molecule has 0 radical (unpaired) electrons. The molecule has 0 saturated carbocycles. The normalized spacial score (nSPS) is 23.3. The maximum atomic E-state index is 12.9. The van der Waals surface area contributed by atoms with Gasteiger partial charge in [-0.2, -0.15) is 13.2 Å². The highest BCUT2D eigenvalue weighted by molar-refractivity contribution is 5.98. The van der Waals surface area contributed by atoms with Gasteiger partial charge in [0.2, 0.25) is 5.91 Å². The first-order valence-electron chi connectivity index (χ1n) is 13.2. The van der Waals surface area contributed by atoms with E-state index in [0.29, 0.717) is 42.1 Å². The molecule has 2 aromatic rings. The van der Waals surface area contributed by atoms with Crippen LogP contribution in [0.2, 0.25) is 0 Å². The number of aliphatic hydroxyl groups excluding tert-OH is 1. The summed E-state index contributed by atoms with van der Waals surface area (Å²) >= 11 is 0. The summed E-state index contributed by atoms with van der Waals surface area (Å²) in [6.45, 7) is 4.97. The minimum atomic E-state index is -5.03. The Hall–Kier alpha value is -3.25. The van der Waals surface area contributed by atoms with Crippen LogP contribution < -0.4 is 5.32 Å². The van der Waals surface area contributed by atoms with Crippen LogP contribution in [0.25, 0.3) is 0 Å². The highest BCUT2D eigenvalue weighted by atomic mass is 19.4. The molecule has 2 aromatic carbocycles. The third-order valence-electron chi connectivity index (χ3n) is 7.08. The Morgan fingerprint density at radius 3 is 2.42 bits per heavy atom. The highest BCUT2D eigenvalue weighted by Gasteiger charge is 2.47. The Bertz CT molecular complexity index is 1170. The van der Waals surface area contributed by atoms with Crippen molar-refractivity contribution in [1.29, 1.82) is 0 Å². The Kier molecular flexibility index (Phi) is 9.62. The fourth-order valence-electron chi connectivity index (χ4n) is 5.07. The number of hydrogen-bond donors (Lipinski definition) is 2. The topological polar surface area (TPSA) is 91.3 Å².